The number of benzene rings is 1. The lowest BCUT2D eigenvalue weighted by Gasteiger charge is -2.19. The summed E-state index contributed by atoms with van der Waals surface area (Å²) in [7, 11) is -0.782. The second-order valence-corrected chi connectivity index (χ2v) is 6.18. The molecule has 0 atom stereocenters. The SMILES string of the molecule is CCOCCN(C)S(=O)(=O)c1cc(CO)ccc1OC. The molecule has 0 aliphatic heterocycles. The van der Waals surface area contributed by atoms with E-state index in [2.05, 4.69) is 0 Å². The largest absolute Gasteiger partial charge is 0.495 e. The molecule has 0 bridgehead atoms. The molecule has 1 rings (SSSR count). The Balaban J connectivity index is 3.06. The van der Waals surface area contributed by atoms with Gasteiger partial charge in [0, 0.05) is 20.2 Å². The van der Waals surface area contributed by atoms with Crippen LogP contribution in [0, 0.1) is 0 Å². The summed E-state index contributed by atoms with van der Waals surface area (Å²) < 4.78 is 36.4. The Morgan fingerprint density at radius 1 is 1.35 bits per heavy atom. The molecule has 6 nitrogen and oxygen atoms in total. The van der Waals surface area contributed by atoms with Crippen molar-refractivity contribution in [1.29, 1.82) is 0 Å². The van der Waals surface area contributed by atoms with Crippen molar-refractivity contribution in [3.05, 3.63) is 23.8 Å². The maximum absolute atomic E-state index is 12.5. The first kappa shape index (κ1) is 16.9. The van der Waals surface area contributed by atoms with Crippen LogP contribution >= 0.6 is 0 Å². The van der Waals surface area contributed by atoms with Crippen molar-refractivity contribution >= 4 is 10.0 Å². The van der Waals surface area contributed by atoms with Crippen LogP contribution in [-0.4, -0.2) is 51.7 Å². The summed E-state index contributed by atoms with van der Waals surface area (Å²) >= 11 is 0. The van der Waals surface area contributed by atoms with Crippen molar-refractivity contribution in [2.75, 3.05) is 33.9 Å². The van der Waals surface area contributed by atoms with Crippen molar-refractivity contribution < 1.29 is 23.0 Å². The summed E-state index contributed by atoms with van der Waals surface area (Å²) in [5.41, 5.74) is 0.516. The number of hydrogen-bond donors (Lipinski definition) is 1. The maximum atomic E-state index is 12.5. The Hall–Kier alpha value is -1.15. The van der Waals surface area contributed by atoms with Crippen LogP contribution in [0.15, 0.2) is 23.1 Å². The fourth-order valence-corrected chi connectivity index (χ4v) is 3.00. The molecule has 1 aromatic carbocycles. The third-order valence-corrected chi connectivity index (χ3v) is 4.73. The van der Waals surface area contributed by atoms with Gasteiger partial charge in [0.15, 0.2) is 0 Å². The number of ether oxygens (including phenoxy) is 2. The third-order valence-electron chi connectivity index (χ3n) is 2.85. The van der Waals surface area contributed by atoms with Gasteiger partial charge in [-0.1, -0.05) is 6.07 Å². The molecule has 1 aromatic rings. The lowest BCUT2D eigenvalue weighted by atomic mass is 10.2. The van der Waals surface area contributed by atoms with E-state index in [9.17, 15) is 8.42 Å². The van der Waals surface area contributed by atoms with E-state index in [1.165, 1.54) is 30.6 Å². The van der Waals surface area contributed by atoms with E-state index in [4.69, 9.17) is 14.6 Å². The summed E-state index contributed by atoms with van der Waals surface area (Å²) in [5, 5.41) is 9.13. The summed E-state index contributed by atoms with van der Waals surface area (Å²) in [6, 6.07) is 4.58. The van der Waals surface area contributed by atoms with Crippen LogP contribution in [-0.2, 0) is 21.4 Å². The number of nitrogens with zero attached hydrogens (tertiary/aromatic N) is 1. The smallest absolute Gasteiger partial charge is 0.246 e. The molecule has 0 aliphatic rings. The second-order valence-electron chi connectivity index (χ2n) is 4.17. The van der Waals surface area contributed by atoms with Gasteiger partial charge in [-0.25, -0.2) is 8.42 Å². The molecule has 114 valence electrons. The van der Waals surface area contributed by atoms with Gasteiger partial charge in [-0.05, 0) is 24.6 Å². The highest BCUT2D eigenvalue weighted by molar-refractivity contribution is 7.89. The van der Waals surface area contributed by atoms with Crippen molar-refractivity contribution in [1.82, 2.24) is 4.31 Å². The summed E-state index contributed by atoms with van der Waals surface area (Å²) in [6.45, 7) is 2.74. The summed E-state index contributed by atoms with van der Waals surface area (Å²) in [5.74, 6) is 0.255. The zero-order chi connectivity index (χ0) is 15.2. The van der Waals surface area contributed by atoms with Crippen molar-refractivity contribution in [3.63, 3.8) is 0 Å². The van der Waals surface area contributed by atoms with Crippen LogP contribution in [0.5, 0.6) is 5.75 Å². The maximum Gasteiger partial charge on any atom is 0.246 e. The first-order valence-corrected chi connectivity index (χ1v) is 7.73. The van der Waals surface area contributed by atoms with Crippen molar-refractivity contribution in [2.24, 2.45) is 0 Å². The van der Waals surface area contributed by atoms with Gasteiger partial charge in [-0.2, -0.15) is 4.31 Å². The fourth-order valence-electron chi connectivity index (χ4n) is 1.65. The highest BCUT2D eigenvalue weighted by Crippen LogP contribution is 2.27. The number of sulfonamides is 1. The predicted octanol–water partition coefficient (Wildman–Crippen LogP) is 0.845. The number of aliphatic hydroxyl groups excluding tert-OH is 1. The Bertz CT molecular complexity index is 530. The van der Waals surface area contributed by atoms with E-state index in [0.717, 1.165) is 0 Å². The minimum absolute atomic E-state index is 0.0468. The van der Waals surface area contributed by atoms with E-state index < -0.39 is 10.0 Å². The Labute approximate surface area is 120 Å². The molecule has 1 N–H and O–H groups in total. The van der Waals surface area contributed by atoms with Gasteiger partial charge in [-0.15, -0.1) is 0 Å². The molecular formula is C13H21NO5S. The van der Waals surface area contributed by atoms with Crippen molar-refractivity contribution in [3.8, 4) is 5.75 Å². The lowest BCUT2D eigenvalue weighted by molar-refractivity contribution is 0.138. The molecule has 0 unspecified atom stereocenters. The quantitative estimate of drug-likeness (QED) is 0.720. The zero-order valence-corrected chi connectivity index (χ0v) is 12.8. The van der Waals surface area contributed by atoms with Gasteiger partial charge in [-0.3, -0.25) is 0 Å². The zero-order valence-electron chi connectivity index (χ0n) is 12.0. The predicted molar refractivity (Wildman–Crippen MR) is 75.2 cm³/mol. The molecule has 7 heteroatoms. The van der Waals surface area contributed by atoms with Crippen LogP contribution < -0.4 is 4.74 Å². The minimum atomic E-state index is -3.68. The lowest BCUT2D eigenvalue weighted by Crippen LogP contribution is -2.30. The molecule has 0 saturated heterocycles. The average Bonchev–Trinajstić information content (AvgIpc) is 2.46. The summed E-state index contributed by atoms with van der Waals surface area (Å²) in [4.78, 5) is 0.0468. The van der Waals surface area contributed by atoms with Gasteiger partial charge in [0.1, 0.15) is 10.6 Å². The highest BCUT2D eigenvalue weighted by atomic mass is 32.2. The first-order chi connectivity index (χ1) is 9.47. The van der Waals surface area contributed by atoms with E-state index >= 15 is 0 Å². The molecule has 0 aliphatic carbocycles. The summed E-state index contributed by atoms with van der Waals surface area (Å²) in [6.07, 6.45) is 0. The third kappa shape index (κ3) is 3.92. The van der Waals surface area contributed by atoms with Gasteiger partial charge in [0.25, 0.3) is 0 Å². The van der Waals surface area contributed by atoms with Crippen LogP contribution in [0.2, 0.25) is 0 Å². The van der Waals surface area contributed by atoms with E-state index in [1.54, 1.807) is 6.07 Å². The molecule has 0 fully saturated rings. The number of methoxy groups -OCH3 is 1. The van der Waals surface area contributed by atoms with Gasteiger partial charge in [0.2, 0.25) is 10.0 Å². The molecular weight excluding hydrogens is 282 g/mol. The topological polar surface area (TPSA) is 76.1 Å². The van der Waals surface area contributed by atoms with Gasteiger partial charge in [0.05, 0.1) is 20.3 Å². The number of likely N-dealkylation sites (N-methyl/N-ethyl adjacent to an activating group) is 1. The molecule has 0 heterocycles. The normalized spacial score (nSPS) is 11.8. The first-order valence-electron chi connectivity index (χ1n) is 6.29. The minimum Gasteiger partial charge on any atom is -0.495 e. The van der Waals surface area contributed by atoms with Crippen LogP contribution in [0.4, 0.5) is 0 Å². The molecule has 0 spiro atoms. The van der Waals surface area contributed by atoms with E-state index in [-0.39, 0.29) is 23.8 Å². The van der Waals surface area contributed by atoms with Gasteiger partial charge < -0.3 is 14.6 Å². The fraction of sp³-hybridized carbons (Fsp3) is 0.538. The average molecular weight is 303 g/mol. The Kier molecular flexibility index (Phi) is 6.41. The van der Waals surface area contributed by atoms with Crippen molar-refractivity contribution in [2.45, 2.75) is 18.4 Å². The van der Waals surface area contributed by atoms with Crippen LogP contribution in [0.25, 0.3) is 0 Å². The number of hydrogen-bond acceptors (Lipinski definition) is 5. The Morgan fingerprint density at radius 3 is 2.60 bits per heavy atom. The van der Waals surface area contributed by atoms with Crippen LogP contribution in [0.1, 0.15) is 12.5 Å². The van der Waals surface area contributed by atoms with Gasteiger partial charge >= 0.3 is 0 Å². The molecule has 20 heavy (non-hydrogen) atoms. The number of aliphatic hydroxyl groups is 1. The monoisotopic (exact) mass is 303 g/mol. The van der Waals surface area contributed by atoms with E-state index in [1.807, 2.05) is 6.92 Å². The van der Waals surface area contributed by atoms with Crippen LogP contribution in [0.3, 0.4) is 0 Å². The molecule has 0 amide bonds. The molecule has 0 radical (unpaired) electrons. The molecule has 0 aromatic heterocycles. The standard InChI is InChI=1S/C13H21NO5S/c1-4-19-8-7-14(2)20(16,17)13-9-11(10-15)5-6-12(13)18-3/h5-6,9,15H,4,7-8,10H2,1-3H3. The molecule has 0 saturated carbocycles. The Morgan fingerprint density at radius 2 is 2.05 bits per heavy atom. The highest BCUT2D eigenvalue weighted by Gasteiger charge is 2.24. The second kappa shape index (κ2) is 7.58. The number of rotatable bonds is 8. The van der Waals surface area contributed by atoms with E-state index in [0.29, 0.717) is 18.8 Å².